The number of fused-ring (bicyclic) bond motifs is 1. The van der Waals surface area contributed by atoms with Crippen LogP contribution in [0.3, 0.4) is 0 Å². The summed E-state index contributed by atoms with van der Waals surface area (Å²) in [6.45, 7) is 0. The van der Waals surface area contributed by atoms with E-state index in [2.05, 4.69) is 15.5 Å². The molecule has 1 saturated carbocycles. The van der Waals surface area contributed by atoms with Gasteiger partial charge in [0.25, 0.3) is 11.5 Å². The summed E-state index contributed by atoms with van der Waals surface area (Å²) in [5.74, 6) is 0.562. The number of amides is 1. The van der Waals surface area contributed by atoms with Gasteiger partial charge in [0.15, 0.2) is 0 Å². The number of nitrogens with one attached hydrogen (secondary N) is 2. The fraction of sp³-hybridized carbons (Fsp3) is 0.389. The maximum atomic E-state index is 12.5. The summed E-state index contributed by atoms with van der Waals surface area (Å²) < 4.78 is 6.30. The second-order valence-corrected chi connectivity index (χ2v) is 6.57. The van der Waals surface area contributed by atoms with Gasteiger partial charge in [0, 0.05) is 18.1 Å². The lowest BCUT2D eigenvalue weighted by Gasteiger charge is -2.40. The van der Waals surface area contributed by atoms with Crippen LogP contribution in [0.1, 0.15) is 54.2 Å². The molecule has 1 fully saturated rings. The van der Waals surface area contributed by atoms with E-state index in [1.54, 1.807) is 0 Å². The Kier molecular flexibility index (Phi) is 3.59. The molecule has 0 radical (unpaired) electrons. The molecule has 1 spiro atoms. The number of hydrogen-bond acceptors (Lipinski definition) is 4. The summed E-state index contributed by atoms with van der Waals surface area (Å²) in [4.78, 5) is 23.6. The second-order valence-electron chi connectivity index (χ2n) is 6.57. The molecule has 6 nitrogen and oxygen atoms in total. The quantitative estimate of drug-likeness (QED) is 0.887. The molecule has 2 aliphatic rings. The van der Waals surface area contributed by atoms with Gasteiger partial charge in [0.2, 0.25) is 0 Å². The first kappa shape index (κ1) is 14.9. The van der Waals surface area contributed by atoms with Crippen molar-refractivity contribution >= 4 is 5.91 Å². The molecular formula is C18H19N3O3. The lowest BCUT2D eigenvalue weighted by Crippen LogP contribution is -2.43. The molecular weight excluding hydrogens is 306 g/mol. The van der Waals surface area contributed by atoms with E-state index in [0.717, 1.165) is 43.4 Å². The largest absolute Gasteiger partial charge is 0.487 e. The third-order valence-corrected chi connectivity index (χ3v) is 4.93. The van der Waals surface area contributed by atoms with Crippen molar-refractivity contribution in [2.24, 2.45) is 0 Å². The minimum absolute atomic E-state index is 0.116. The van der Waals surface area contributed by atoms with E-state index in [0.29, 0.717) is 0 Å². The van der Waals surface area contributed by atoms with Gasteiger partial charge in [-0.1, -0.05) is 18.2 Å². The minimum atomic E-state index is -0.326. The van der Waals surface area contributed by atoms with Crippen LogP contribution in [0.5, 0.6) is 5.75 Å². The maximum absolute atomic E-state index is 12.5. The molecule has 2 heterocycles. The molecule has 1 atom stereocenters. The average molecular weight is 325 g/mol. The predicted octanol–water partition coefficient (Wildman–Crippen LogP) is 2.34. The normalized spacial score (nSPS) is 21.1. The number of aromatic nitrogens is 2. The Morgan fingerprint density at radius 3 is 2.75 bits per heavy atom. The fourth-order valence-corrected chi connectivity index (χ4v) is 3.78. The Bertz CT molecular complexity index is 804. The highest BCUT2D eigenvalue weighted by Crippen LogP contribution is 2.46. The van der Waals surface area contributed by atoms with E-state index < -0.39 is 0 Å². The molecule has 0 bridgehead atoms. The molecule has 4 rings (SSSR count). The van der Waals surface area contributed by atoms with Gasteiger partial charge in [-0.05, 0) is 37.8 Å². The maximum Gasteiger partial charge on any atom is 0.272 e. The van der Waals surface area contributed by atoms with Crippen LogP contribution in [0.15, 0.2) is 41.2 Å². The van der Waals surface area contributed by atoms with Crippen molar-refractivity contribution in [2.45, 2.75) is 43.7 Å². The third kappa shape index (κ3) is 2.68. The van der Waals surface area contributed by atoms with Crippen molar-refractivity contribution in [1.29, 1.82) is 0 Å². The topological polar surface area (TPSA) is 84.1 Å². The first-order valence-corrected chi connectivity index (χ1v) is 8.30. The Labute approximate surface area is 139 Å². The Morgan fingerprint density at radius 2 is 2.00 bits per heavy atom. The number of carbonyl (C=O) groups excluding carboxylic acids is 1. The van der Waals surface area contributed by atoms with E-state index in [1.807, 2.05) is 24.3 Å². The number of ether oxygens (including phenoxy) is 1. The molecule has 1 aliphatic heterocycles. The van der Waals surface area contributed by atoms with Crippen LogP contribution in [-0.2, 0) is 0 Å². The third-order valence-electron chi connectivity index (χ3n) is 4.93. The molecule has 1 aromatic carbocycles. The van der Waals surface area contributed by atoms with Crippen LogP contribution >= 0.6 is 0 Å². The zero-order valence-electron chi connectivity index (χ0n) is 13.2. The highest BCUT2D eigenvalue weighted by Gasteiger charge is 2.43. The summed E-state index contributed by atoms with van der Waals surface area (Å²) in [7, 11) is 0. The van der Waals surface area contributed by atoms with E-state index in [-0.39, 0.29) is 28.8 Å². The summed E-state index contributed by atoms with van der Waals surface area (Å²) >= 11 is 0. The molecule has 1 amide bonds. The van der Waals surface area contributed by atoms with E-state index in [1.165, 1.54) is 12.1 Å². The van der Waals surface area contributed by atoms with Crippen molar-refractivity contribution in [2.75, 3.05) is 0 Å². The van der Waals surface area contributed by atoms with Crippen LogP contribution < -0.4 is 15.6 Å². The SMILES string of the molecule is O=C(N[C@H]1CC2(CCCC2)Oc2ccccc21)c1ccc(=O)[nH]n1. The number of nitrogens with zero attached hydrogens (tertiary/aromatic N) is 1. The Hall–Kier alpha value is -2.63. The molecule has 0 unspecified atom stereocenters. The van der Waals surface area contributed by atoms with Crippen molar-refractivity contribution < 1.29 is 9.53 Å². The van der Waals surface area contributed by atoms with Crippen LogP contribution in [0, 0.1) is 0 Å². The van der Waals surface area contributed by atoms with Gasteiger partial charge < -0.3 is 10.1 Å². The lowest BCUT2D eigenvalue weighted by atomic mass is 9.86. The molecule has 2 N–H and O–H groups in total. The molecule has 1 aliphatic carbocycles. The van der Waals surface area contributed by atoms with Gasteiger partial charge in [-0.15, -0.1) is 0 Å². The smallest absolute Gasteiger partial charge is 0.272 e. The number of para-hydroxylation sites is 1. The Balaban J connectivity index is 1.62. The van der Waals surface area contributed by atoms with Crippen LogP contribution in [0.4, 0.5) is 0 Å². The van der Waals surface area contributed by atoms with Gasteiger partial charge in [-0.25, -0.2) is 5.10 Å². The zero-order chi connectivity index (χ0) is 16.6. The molecule has 1 aromatic heterocycles. The highest BCUT2D eigenvalue weighted by atomic mass is 16.5. The van der Waals surface area contributed by atoms with Gasteiger partial charge in [0.1, 0.15) is 17.0 Å². The van der Waals surface area contributed by atoms with Crippen molar-refractivity contribution in [3.8, 4) is 5.75 Å². The zero-order valence-corrected chi connectivity index (χ0v) is 13.2. The number of benzene rings is 1. The van der Waals surface area contributed by atoms with Crippen molar-refractivity contribution in [3.05, 3.63) is 58.0 Å². The van der Waals surface area contributed by atoms with E-state index >= 15 is 0 Å². The van der Waals surface area contributed by atoms with Crippen LogP contribution in [-0.4, -0.2) is 21.7 Å². The average Bonchev–Trinajstić information content (AvgIpc) is 3.03. The van der Waals surface area contributed by atoms with Gasteiger partial charge in [0.05, 0.1) is 6.04 Å². The number of aromatic amines is 1. The highest BCUT2D eigenvalue weighted by molar-refractivity contribution is 5.92. The number of rotatable bonds is 2. The van der Waals surface area contributed by atoms with Gasteiger partial charge in [-0.2, -0.15) is 5.10 Å². The molecule has 124 valence electrons. The van der Waals surface area contributed by atoms with E-state index in [4.69, 9.17) is 4.74 Å². The number of hydrogen-bond donors (Lipinski definition) is 2. The minimum Gasteiger partial charge on any atom is -0.487 e. The first-order chi connectivity index (χ1) is 11.7. The van der Waals surface area contributed by atoms with Crippen molar-refractivity contribution in [1.82, 2.24) is 15.5 Å². The molecule has 2 aromatic rings. The van der Waals surface area contributed by atoms with Crippen LogP contribution in [0.25, 0.3) is 0 Å². The summed E-state index contributed by atoms with van der Waals surface area (Å²) in [6.07, 6.45) is 5.11. The predicted molar refractivity (Wildman–Crippen MR) is 88.0 cm³/mol. The van der Waals surface area contributed by atoms with Gasteiger partial charge >= 0.3 is 0 Å². The fourth-order valence-electron chi connectivity index (χ4n) is 3.78. The number of H-pyrrole nitrogens is 1. The standard InChI is InChI=1S/C18H19N3O3/c22-16-8-7-13(20-21-16)17(23)19-14-11-18(9-3-4-10-18)24-15-6-2-1-5-12(14)15/h1-2,5-8,14H,3-4,9-11H2,(H,19,23)(H,21,22)/t14-/m0/s1. The molecule has 0 saturated heterocycles. The van der Waals surface area contributed by atoms with Crippen LogP contribution in [0.2, 0.25) is 0 Å². The number of carbonyl (C=O) groups is 1. The molecule has 24 heavy (non-hydrogen) atoms. The van der Waals surface area contributed by atoms with E-state index in [9.17, 15) is 9.59 Å². The second kappa shape index (κ2) is 5.78. The first-order valence-electron chi connectivity index (χ1n) is 8.30. The van der Waals surface area contributed by atoms with Crippen molar-refractivity contribution in [3.63, 3.8) is 0 Å². The Morgan fingerprint density at radius 1 is 1.21 bits per heavy atom. The monoisotopic (exact) mass is 325 g/mol. The molecule has 6 heteroatoms. The summed E-state index contributed by atoms with van der Waals surface area (Å²) in [6, 6.07) is 10.5. The van der Waals surface area contributed by atoms with Gasteiger partial charge in [-0.3, -0.25) is 9.59 Å². The summed E-state index contributed by atoms with van der Waals surface area (Å²) in [5.41, 5.74) is 0.699. The summed E-state index contributed by atoms with van der Waals surface area (Å²) in [5, 5.41) is 9.16. The lowest BCUT2D eigenvalue weighted by molar-refractivity contribution is 0.0360.